The number of hydrogen-bond acceptors (Lipinski definition) is 4. The van der Waals surface area contributed by atoms with E-state index in [9.17, 15) is 4.79 Å². The molecule has 1 aromatic rings. The van der Waals surface area contributed by atoms with Gasteiger partial charge in [-0.15, -0.1) is 0 Å². The van der Waals surface area contributed by atoms with E-state index in [1.54, 1.807) is 17.8 Å². The van der Waals surface area contributed by atoms with Gasteiger partial charge in [-0.3, -0.25) is 4.68 Å². The molecular formula is C14H24N4O2S. The van der Waals surface area contributed by atoms with Crippen molar-refractivity contribution in [3.63, 3.8) is 0 Å². The number of thiocarbonyl (C=S) groups is 1. The molecule has 118 valence electrons. The van der Waals surface area contributed by atoms with Crippen LogP contribution in [0.15, 0.2) is 6.20 Å². The Bertz CT molecular complexity index is 474. The summed E-state index contributed by atoms with van der Waals surface area (Å²) in [6.45, 7) is 7.81. The zero-order chi connectivity index (χ0) is 15.7. The van der Waals surface area contributed by atoms with Crippen LogP contribution in [-0.2, 0) is 11.3 Å². The number of aromatic nitrogens is 2. The van der Waals surface area contributed by atoms with Gasteiger partial charge in [0, 0.05) is 19.3 Å². The van der Waals surface area contributed by atoms with Crippen molar-refractivity contribution in [2.45, 2.75) is 46.6 Å². The van der Waals surface area contributed by atoms with Crippen LogP contribution in [0.1, 0.15) is 50.4 Å². The van der Waals surface area contributed by atoms with Crippen molar-refractivity contribution in [1.29, 1.82) is 0 Å². The molecule has 0 spiro atoms. The van der Waals surface area contributed by atoms with Gasteiger partial charge in [0.25, 0.3) is 0 Å². The number of carbonyl (C=O) groups is 1. The lowest BCUT2D eigenvalue weighted by Gasteiger charge is -2.08. The van der Waals surface area contributed by atoms with E-state index in [-0.39, 0.29) is 5.97 Å². The maximum atomic E-state index is 12.0. The molecule has 0 aliphatic heterocycles. The molecule has 0 atom stereocenters. The summed E-state index contributed by atoms with van der Waals surface area (Å²) in [6, 6.07) is 0. The standard InChI is InChI=1S/C14H24N4O2S/c1-4-7-9-18-10-11(13(19)20-6-3)12(17-18)16-14(21)15-8-5-2/h10H,4-9H2,1-3H3,(H2,15,16,17,21). The van der Waals surface area contributed by atoms with Crippen LogP contribution in [-0.4, -0.2) is 34.0 Å². The molecule has 0 aromatic carbocycles. The third-order valence-electron chi connectivity index (χ3n) is 2.77. The number of esters is 1. The average Bonchev–Trinajstić information content (AvgIpc) is 2.86. The van der Waals surface area contributed by atoms with E-state index in [1.165, 1.54) is 0 Å². The minimum atomic E-state index is -0.388. The second-order valence-corrected chi connectivity index (χ2v) is 5.02. The van der Waals surface area contributed by atoms with E-state index < -0.39 is 0 Å². The Morgan fingerprint density at radius 2 is 2.14 bits per heavy atom. The number of rotatable bonds is 8. The second kappa shape index (κ2) is 9.33. The summed E-state index contributed by atoms with van der Waals surface area (Å²) in [5.41, 5.74) is 0.411. The Morgan fingerprint density at radius 3 is 2.76 bits per heavy atom. The molecule has 0 saturated carbocycles. The molecule has 1 heterocycles. The van der Waals surface area contributed by atoms with Gasteiger partial charge in [-0.2, -0.15) is 5.10 Å². The van der Waals surface area contributed by atoms with Gasteiger partial charge in [0.05, 0.1) is 6.61 Å². The van der Waals surface area contributed by atoms with Crippen LogP contribution in [0.5, 0.6) is 0 Å². The highest BCUT2D eigenvalue weighted by Gasteiger charge is 2.18. The summed E-state index contributed by atoms with van der Waals surface area (Å²) in [4.78, 5) is 12.0. The van der Waals surface area contributed by atoms with E-state index in [0.717, 1.165) is 32.4 Å². The van der Waals surface area contributed by atoms with Crippen LogP contribution in [0.2, 0.25) is 0 Å². The Hall–Kier alpha value is -1.63. The first-order chi connectivity index (χ1) is 10.1. The van der Waals surface area contributed by atoms with Crippen molar-refractivity contribution in [3.8, 4) is 0 Å². The minimum Gasteiger partial charge on any atom is -0.462 e. The van der Waals surface area contributed by atoms with Crippen molar-refractivity contribution in [2.75, 3.05) is 18.5 Å². The van der Waals surface area contributed by atoms with Gasteiger partial charge in [-0.25, -0.2) is 4.79 Å². The molecule has 0 fully saturated rings. The maximum Gasteiger partial charge on any atom is 0.343 e. The number of nitrogens with zero attached hydrogens (tertiary/aromatic N) is 2. The van der Waals surface area contributed by atoms with Crippen LogP contribution in [0.25, 0.3) is 0 Å². The SMILES string of the molecule is CCCCn1cc(C(=O)OCC)c(NC(=S)NCCC)n1. The molecule has 6 nitrogen and oxygen atoms in total. The lowest BCUT2D eigenvalue weighted by Crippen LogP contribution is -2.29. The lowest BCUT2D eigenvalue weighted by molar-refractivity contribution is 0.0527. The van der Waals surface area contributed by atoms with E-state index in [0.29, 0.717) is 23.1 Å². The van der Waals surface area contributed by atoms with Gasteiger partial charge in [0.2, 0.25) is 0 Å². The fourth-order valence-electron chi connectivity index (χ4n) is 1.70. The summed E-state index contributed by atoms with van der Waals surface area (Å²) in [7, 11) is 0. The molecule has 0 radical (unpaired) electrons. The van der Waals surface area contributed by atoms with Crippen molar-refractivity contribution in [1.82, 2.24) is 15.1 Å². The molecule has 0 bridgehead atoms. The topological polar surface area (TPSA) is 68.2 Å². The number of anilines is 1. The number of ether oxygens (including phenoxy) is 1. The smallest absolute Gasteiger partial charge is 0.343 e. The quantitative estimate of drug-likeness (QED) is 0.568. The number of carbonyl (C=O) groups excluding carboxylic acids is 1. The van der Waals surface area contributed by atoms with Gasteiger partial charge < -0.3 is 15.4 Å². The van der Waals surface area contributed by atoms with Crippen LogP contribution >= 0.6 is 12.2 Å². The van der Waals surface area contributed by atoms with Crippen LogP contribution in [0.4, 0.5) is 5.82 Å². The highest BCUT2D eigenvalue weighted by molar-refractivity contribution is 7.80. The third-order valence-corrected chi connectivity index (χ3v) is 3.01. The number of unbranched alkanes of at least 4 members (excludes halogenated alkanes) is 1. The molecule has 0 aliphatic rings. The molecule has 0 unspecified atom stereocenters. The summed E-state index contributed by atoms with van der Waals surface area (Å²) in [6.07, 6.45) is 4.74. The van der Waals surface area contributed by atoms with Crippen molar-refractivity contribution >= 4 is 29.1 Å². The van der Waals surface area contributed by atoms with Crippen LogP contribution < -0.4 is 10.6 Å². The molecule has 2 N–H and O–H groups in total. The van der Waals surface area contributed by atoms with Gasteiger partial charge in [0.1, 0.15) is 5.56 Å². The molecule has 7 heteroatoms. The van der Waals surface area contributed by atoms with Crippen molar-refractivity contribution in [3.05, 3.63) is 11.8 Å². The van der Waals surface area contributed by atoms with E-state index in [4.69, 9.17) is 17.0 Å². The van der Waals surface area contributed by atoms with Gasteiger partial charge in [0.15, 0.2) is 10.9 Å². The zero-order valence-corrected chi connectivity index (χ0v) is 13.8. The monoisotopic (exact) mass is 312 g/mol. The van der Waals surface area contributed by atoms with E-state index in [2.05, 4.69) is 29.6 Å². The molecule has 0 saturated heterocycles. The van der Waals surface area contributed by atoms with Gasteiger partial charge in [-0.05, 0) is 32.0 Å². The maximum absolute atomic E-state index is 12.0. The molecule has 1 aromatic heterocycles. The minimum absolute atomic E-state index is 0.330. The van der Waals surface area contributed by atoms with Crippen LogP contribution in [0, 0.1) is 0 Å². The Morgan fingerprint density at radius 1 is 1.38 bits per heavy atom. The number of aryl methyl sites for hydroxylation is 1. The number of nitrogens with one attached hydrogen (secondary N) is 2. The largest absolute Gasteiger partial charge is 0.462 e. The molecule has 21 heavy (non-hydrogen) atoms. The predicted molar refractivity (Wildman–Crippen MR) is 87.6 cm³/mol. The van der Waals surface area contributed by atoms with Gasteiger partial charge >= 0.3 is 5.97 Å². The number of hydrogen-bond donors (Lipinski definition) is 2. The lowest BCUT2D eigenvalue weighted by atomic mass is 10.3. The third kappa shape index (κ3) is 5.71. The fraction of sp³-hybridized carbons (Fsp3) is 0.643. The van der Waals surface area contributed by atoms with Crippen LogP contribution in [0.3, 0.4) is 0 Å². The first kappa shape index (κ1) is 17.4. The van der Waals surface area contributed by atoms with Gasteiger partial charge in [-0.1, -0.05) is 20.3 Å². The zero-order valence-electron chi connectivity index (χ0n) is 12.9. The molecule has 0 aliphatic carbocycles. The van der Waals surface area contributed by atoms with E-state index in [1.807, 2.05) is 0 Å². The molecule has 0 amide bonds. The summed E-state index contributed by atoms with van der Waals surface area (Å²) in [5, 5.41) is 10.9. The highest BCUT2D eigenvalue weighted by Crippen LogP contribution is 2.15. The Kier molecular flexibility index (Phi) is 7.74. The molecular weight excluding hydrogens is 288 g/mol. The fourth-order valence-corrected chi connectivity index (χ4v) is 1.90. The second-order valence-electron chi connectivity index (χ2n) is 4.61. The average molecular weight is 312 g/mol. The Labute approximate surface area is 131 Å². The first-order valence-corrected chi connectivity index (χ1v) is 7.82. The van der Waals surface area contributed by atoms with Crippen molar-refractivity contribution < 1.29 is 9.53 Å². The van der Waals surface area contributed by atoms with E-state index >= 15 is 0 Å². The summed E-state index contributed by atoms with van der Waals surface area (Å²) in [5.74, 6) is 0.0548. The molecule has 1 rings (SSSR count). The summed E-state index contributed by atoms with van der Waals surface area (Å²) >= 11 is 5.19. The highest BCUT2D eigenvalue weighted by atomic mass is 32.1. The Balaban J connectivity index is 2.84. The predicted octanol–water partition coefficient (Wildman–Crippen LogP) is 2.56. The normalized spacial score (nSPS) is 10.2. The first-order valence-electron chi connectivity index (χ1n) is 7.41. The summed E-state index contributed by atoms with van der Waals surface area (Å²) < 4.78 is 6.80. The van der Waals surface area contributed by atoms with Crippen molar-refractivity contribution in [2.24, 2.45) is 0 Å².